The van der Waals surface area contributed by atoms with Gasteiger partial charge in [-0.3, -0.25) is 9.59 Å². The van der Waals surface area contributed by atoms with E-state index < -0.39 is 17.9 Å². The number of carboxylic acid groups (broad SMARTS) is 1. The molecule has 0 unspecified atom stereocenters. The van der Waals surface area contributed by atoms with Gasteiger partial charge in [0.15, 0.2) is 0 Å². The molecule has 0 spiro atoms. The van der Waals surface area contributed by atoms with Gasteiger partial charge < -0.3 is 15.7 Å². The molecule has 0 saturated carbocycles. The number of carbonyl (C=O) groups is 2. The van der Waals surface area contributed by atoms with Crippen LogP contribution < -0.4 is 5.73 Å². The summed E-state index contributed by atoms with van der Waals surface area (Å²) in [5.74, 6) is -1.30. The van der Waals surface area contributed by atoms with Crippen LogP contribution in [0.4, 0.5) is 0 Å². The van der Waals surface area contributed by atoms with Gasteiger partial charge >= 0.3 is 5.97 Å². The first-order chi connectivity index (χ1) is 6.43. The van der Waals surface area contributed by atoms with E-state index in [0.29, 0.717) is 13.1 Å². The van der Waals surface area contributed by atoms with Crippen LogP contribution >= 0.6 is 0 Å². The summed E-state index contributed by atoms with van der Waals surface area (Å²) >= 11 is 0. The Hall–Kier alpha value is -1.10. The molecule has 0 bridgehead atoms. The van der Waals surface area contributed by atoms with Gasteiger partial charge in [0, 0.05) is 13.1 Å². The standard InChI is InChI=1S/C9H16N2O3/c1-5(2)7(10)8(12)11-3-6(4-11)9(13)14/h5-7H,3-4,10H2,1-2H3,(H,13,14)/t7-/m1/s1. The van der Waals surface area contributed by atoms with Crippen LogP contribution in [0.2, 0.25) is 0 Å². The Balaban J connectivity index is 2.40. The van der Waals surface area contributed by atoms with Crippen molar-refractivity contribution in [2.24, 2.45) is 17.6 Å². The smallest absolute Gasteiger partial charge is 0.310 e. The summed E-state index contributed by atoms with van der Waals surface area (Å²) in [7, 11) is 0. The van der Waals surface area contributed by atoms with E-state index in [2.05, 4.69) is 0 Å². The zero-order chi connectivity index (χ0) is 10.9. The SMILES string of the molecule is CC(C)[C@@H](N)C(=O)N1CC(C(=O)O)C1. The third-order valence-electron chi connectivity index (χ3n) is 2.55. The molecule has 14 heavy (non-hydrogen) atoms. The minimum absolute atomic E-state index is 0.0892. The van der Waals surface area contributed by atoms with Crippen LogP contribution in [-0.2, 0) is 9.59 Å². The van der Waals surface area contributed by atoms with E-state index in [1.807, 2.05) is 13.8 Å². The molecule has 1 aliphatic heterocycles. The maximum Gasteiger partial charge on any atom is 0.310 e. The predicted molar refractivity (Wildman–Crippen MR) is 50.5 cm³/mol. The molecule has 1 fully saturated rings. The van der Waals surface area contributed by atoms with E-state index in [0.717, 1.165) is 0 Å². The van der Waals surface area contributed by atoms with Crippen molar-refractivity contribution in [3.05, 3.63) is 0 Å². The van der Waals surface area contributed by atoms with E-state index in [9.17, 15) is 9.59 Å². The number of rotatable bonds is 3. The minimum Gasteiger partial charge on any atom is -0.481 e. The Morgan fingerprint density at radius 1 is 1.43 bits per heavy atom. The molecule has 3 N–H and O–H groups in total. The molecule has 5 heteroatoms. The summed E-state index contributed by atoms with van der Waals surface area (Å²) in [4.78, 5) is 23.5. The van der Waals surface area contributed by atoms with Crippen LogP contribution in [0.5, 0.6) is 0 Å². The highest BCUT2D eigenvalue weighted by atomic mass is 16.4. The van der Waals surface area contributed by atoms with Gasteiger partial charge in [0.1, 0.15) is 0 Å². The Morgan fingerprint density at radius 2 is 1.93 bits per heavy atom. The zero-order valence-electron chi connectivity index (χ0n) is 8.43. The molecule has 1 aliphatic rings. The van der Waals surface area contributed by atoms with Gasteiger partial charge in [-0.15, -0.1) is 0 Å². The average molecular weight is 200 g/mol. The summed E-state index contributed by atoms with van der Waals surface area (Å²) in [6.45, 7) is 4.34. The molecule has 5 nitrogen and oxygen atoms in total. The Labute approximate surface area is 82.9 Å². The summed E-state index contributed by atoms with van der Waals surface area (Å²) in [6, 6.07) is -0.509. The van der Waals surface area contributed by atoms with Crippen LogP contribution in [0.1, 0.15) is 13.8 Å². The number of aliphatic carboxylic acids is 1. The molecule has 1 atom stereocenters. The number of carbonyl (C=O) groups excluding carboxylic acids is 1. The molecule has 0 aromatic heterocycles. The van der Waals surface area contributed by atoms with Crippen LogP contribution in [0, 0.1) is 11.8 Å². The summed E-state index contributed by atoms with van der Waals surface area (Å²) in [6.07, 6.45) is 0. The monoisotopic (exact) mass is 200 g/mol. The van der Waals surface area contributed by atoms with Crippen molar-refractivity contribution in [2.75, 3.05) is 13.1 Å². The molecule has 0 aliphatic carbocycles. The fourth-order valence-corrected chi connectivity index (χ4v) is 1.31. The zero-order valence-corrected chi connectivity index (χ0v) is 8.43. The van der Waals surface area contributed by atoms with E-state index in [1.165, 1.54) is 4.90 Å². The van der Waals surface area contributed by atoms with E-state index in [4.69, 9.17) is 10.8 Å². The molecule has 1 rings (SSSR count). The maximum absolute atomic E-state index is 11.5. The first-order valence-electron chi connectivity index (χ1n) is 4.70. The lowest BCUT2D eigenvalue weighted by Crippen LogP contribution is -2.58. The third kappa shape index (κ3) is 2.04. The Bertz CT molecular complexity index is 246. The molecule has 1 heterocycles. The van der Waals surface area contributed by atoms with Crippen molar-refractivity contribution in [3.8, 4) is 0 Å². The predicted octanol–water partition coefficient (Wildman–Crippen LogP) is -0.487. The molecule has 0 aromatic carbocycles. The van der Waals surface area contributed by atoms with Crippen LogP contribution in [0.3, 0.4) is 0 Å². The van der Waals surface area contributed by atoms with Crippen molar-refractivity contribution in [1.29, 1.82) is 0 Å². The molecule has 0 aromatic rings. The third-order valence-corrected chi connectivity index (χ3v) is 2.55. The van der Waals surface area contributed by atoms with E-state index >= 15 is 0 Å². The van der Waals surface area contributed by atoms with Crippen molar-refractivity contribution >= 4 is 11.9 Å². The summed E-state index contributed by atoms with van der Waals surface area (Å²) in [5, 5.41) is 8.61. The molecular weight excluding hydrogens is 184 g/mol. The van der Waals surface area contributed by atoms with Crippen molar-refractivity contribution < 1.29 is 14.7 Å². The van der Waals surface area contributed by atoms with Gasteiger partial charge in [0.2, 0.25) is 5.91 Å². The number of nitrogens with zero attached hydrogens (tertiary/aromatic N) is 1. The molecule has 0 radical (unpaired) electrons. The second-order valence-corrected chi connectivity index (χ2v) is 4.05. The Morgan fingerprint density at radius 3 is 2.29 bits per heavy atom. The molecule has 1 amide bonds. The van der Waals surface area contributed by atoms with Gasteiger partial charge in [-0.25, -0.2) is 0 Å². The van der Waals surface area contributed by atoms with Gasteiger partial charge in [0.25, 0.3) is 0 Å². The largest absolute Gasteiger partial charge is 0.481 e. The number of hydrogen-bond acceptors (Lipinski definition) is 3. The van der Waals surface area contributed by atoms with E-state index in [-0.39, 0.29) is 11.8 Å². The van der Waals surface area contributed by atoms with Crippen LogP contribution in [0.15, 0.2) is 0 Å². The fourth-order valence-electron chi connectivity index (χ4n) is 1.31. The molecular formula is C9H16N2O3. The number of amides is 1. The first kappa shape index (κ1) is 11.0. The van der Waals surface area contributed by atoms with Gasteiger partial charge in [-0.2, -0.15) is 0 Å². The van der Waals surface area contributed by atoms with Gasteiger partial charge in [-0.05, 0) is 5.92 Å². The number of hydrogen-bond donors (Lipinski definition) is 2. The number of nitrogens with two attached hydrogens (primary N) is 1. The lowest BCUT2D eigenvalue weighted by molar-refractivity contribution is -0.153. The minimum atomic E-state index is -0.841. The van der Waals surface area contributed by atoms with Crippen molar-refractivity contribution in [3.63, 3.8) is 0 Å². The van der Waals surface area contributed by atoms with E-state index in [1.54, 1.807) is 0 Å². The second kappa shape index (κ2) is 3.96. The highest BCUT2D eigenvalue weighted by Crippen LogP contribution is 2.17. The van der Waals surface area contributed by atoms with Crippen LogP contribution in [0.25, 0.3) is 0 Å². The van der Waals surface area contributed by atoms with Gasteiger partial charge in [-0.1, -0.05) is 13.8 Å². The second-order valence-electron chi connectivity index (χ2n) is 4.05. The van der Waals surface area contributed by atoms with Crippen molar-refractivity contribution in [2.45, 2.75) is 19.9 Å². The summed E-state index contributed by atoms with van der Waals surface area (Å²) in [5.41, 5.74) is 5.65. The van der Waals surface area contributed by atoms with Gasteiger partial charge in [0.05, 0.1) is 12.0 Å². The quantitative estimate of drug-likeness (QED) is 0.644. The lowest BCUT2D eigenvalue weighted by Gasteiger charge is -2.38. The normalized spacial score (nSPS) is 19.3. The highest BCUT2D eigenvalue weighted by molar-refractivity contribution is 5.85. The first-order valence-corrected chi connectivity index (χ1v) is 4.70. The maximum atomic E-state index is 11.5. The molecule has 80 valence electrons. The average Bonchev–Trinajstić information content (AvgIpc) is 1.98. The molecule has 1 saturated heterocycles. The summed E-state index contributed by atoms with van der Waals surface area (Å²) < 4.78 is 0. The fraction of sp³-hybridized carbons (Fsp3) is 0.778. The Kier molecular flexibility index (Phi) is 3.10. The highest BCUT2D eigenvalue weighted by Gasteiger charge is 2.37. The van der Waals surface area contributed by atoms with Crippen LogP contribution in [-0.4, -0.2) is 41.0 Å². The lowest BCUT2D eigenvalue weighted by atomic mass is 9.96. The number of likely N-dealkylation sites (tertiary alicyclic amines) is 1. The van der Waals surface area contributed by atoms with Crippen molar-refractivity contribution in [1.82, 2.24) is 4.90 Å². The topological polar surface area (TPSA) is 83.6 Å². The number of carboxylic acids is 1.